The number of aliphatic carboxylic acids is 1. The Bertz CT molecular complexity index is 1110. The lowest BCUT2D eigenvalue weighted by Crippen LogP contribution is -2.40. The summed E-state index contributed by atoms with van der Waals surface area (Å²) in [6.07, 6.45) is 10.2. The zero-order chi connectivity index (χ0) is 23.0. The Balaban J connectivity index is 1.15. The Labute approximate surface area is 193 Å². The summed E-state index contributed by atoms with van der Waals surface area (Å²) in [5.74, 6) is -0.339. The number of hydrogen-bond acceptors (Lipinski definition) is 5. The van der Waals surface area contributed by atoms with E-state index in [2.05, 4.69) is 33.0 Å². The highest BCUT2D eigenvalue weighted by Gasteiger charge is 2.20. The molecule has 1 aliphatic rings. The summed E-state index contributed by atoms with van der Waals surface area (Å²) in [6, 6.07) is 8.60. The van der Waals surface area contributed by atoms with Crippen LogP contribution in [-0.2, 0) is 17.6 Å². The fourth-order valence-corrected chi connectivity index (χ4v) is 4.27. The highest BCUT2D eigenvalue weighted by molar-refractivity contribution is 5.99. The van der Waals surface area contributed by atoms with Crippen LogP contribution in [-0.4, -0.2) is 44.8 Å². The molecule has 8 nitrogen and oxygen atoms in total. The number of aryl methyl sites for hydroxylation is 2. The van der Waals surface area contributed by atoms with Gasteiger partial charge in [0, 0.05) is 23.2 Å². The van der Waals surface area contributed by atoms with Gasteiger partial charge in [-0.25, -0.2) is 9.78 Å². The number of carbonyl (C=O) groups is 2. The second-order valence-electron chi connectivity index (χ2n) is 8.68. The van der Waals surface area contributed by atoms with E-state index >= 15 is 0 Å². The number of carboxylic acid groups (broad SMARTS) is 1. The van der Waals surface area contributed by atoms with E-state index < -0.39 is 12.0 Å². The van der Waals surface area contributed by atoms with E-state index in [0.29, 0.717) is 12.0 Å². The van der Waals surface area contributed by atoms with Crippen molar-refractivity contribution in [3.63, 3.8) is 0 Å². The quantitative estimate of drug-likeness (QED) is 0.327. The number of unbranched alkanes of at least 4 members (excludes halogenated alkanes) is 4. The summed E-state index contributed by atoms with van der Waals surface area (Å²) < 4.78 is 0. The van der Waals surface area contributed by atoms with Crippen LogP contribution in [0.2, 0.25) is 0 Å². The number of pyridine rings is 1. The predicted octanol–water partition coefficient (Wildman–Crippen LogP) is 4.08. The number of benzene rings is 1. The van der Waals surface area contributed by atoms with Crippen molar-refractivity contribution in [2.24, 2.45) is 0 Å². The first-order valence-electron chi connectivity index (χ1n) is 11.8. The number of rotatable bonds is 11. The van der Waals surface area contributed by atoms with E-state index in [-0.39, 0.29) is 5.91 Å². The van der Waals surface area contributed by atoms with Gasteiger partial charge in [0.1, 0.15) is 11.9 Å². The van der Waals surface area contributed by atoms with E-state index in [1.54, 1.807) is 24.4 Å². The van der Waals surface area contributed by atoms with Gasteiger partial charge in [-0.3, -0.25) is 9.89 Å². The summed E-state index contributed by atoms with van der Waals surface area (Å²) in [5, 5.41) is 23.2. The number of anilines is 1. The molecule has 0 saturated heterocycles. The van der Waals surface area contributed by atoms with Crippen LogP contribution in [0.25, 0.3) is 10.9 Å². The van der Waals surface area contributed by atoms with Gasteiger partial charge in [-0.2, -0.15) is 5.10 Å². The number of aromatic amines is 1. The first-order valence-corrected chi connectivity index (χ1v) is 11.8. The van der Waals surface area contributed by atoms with Crippen molar-refractivity contribution in [3.05, 3.63) is 53.3 Å². The fourth-order valence-electron chi connectivity index (χ4n) is 4.27. The maximum atomic E-state index is 12.5. The van der Waals surface area contributed by atoms with Crippen LogP contribution < -0.4 is 10.6 Å². The molecule has 174 valence electrons. The molecule has 0 fully saturated rings. The largest absolute Gasteiger partial charge is 0.480 e. The van der Waals surface area contributed by atoms with Crippen LogP contribution >= 0.6 is 0 Å². The van der Waals surface area contributed by atoms with Crippen LogP contribution in [0.15, 0.2) is 36.5 Å². The van der Waals surface area contributed by atoms with Gasteiger partial charge in [-0.15, -0.1) is 0 Å². The molecule has 1 aromatic carbocycles. The highest BCUT2D eigenvalue weighted by Crippen LogP contribution is 2.20. The van der Waals surface area contributed by atoms with Crippen LogP contribution in [0.5, 0.6) is 0 Å². The molecular weight excluding hydrogens is 418 g/mol. The normalized spacial score (nSPS) is 13.8. The smallest absolute Gasteiger partial charge is 0.326 e. The van der Waals surface area contributed by atoms with E-state index in [4.69, 9.17) is 4.98 Å². The SMILES string of the molecule is O=C(NC(CCCCCCCc1ccc2c(n1)NCCC2)C(=O)O)c1ccc2cn[nH]c2c1. The molecule has 1 aliphatic heterocycles. The molecule has 1 amide bonds. The number of aromatic nitrogens is 3. The van der Waals surface area contributed by atoms with Crippen molar-refractivity contribution in [2.45, 2.75) is 63.8 Å². The average molecular weight is 450 g/mol. The van der Waals surface area contributed by atoms with E-state index in [1.807, 2.05) is 0 Å². The third kappa shape index (κ3) is 6.09. The minimum Gasteiger partial charge on any atom is -0.480 e. The predicted molar refractivity (Wildman–Crippen MR) is 127 cm³/mol. The Morgan fingerprint density at radius 2 is 1.94 bits per heavy atom. The molecule has 0 bridgehead atoms. The summed E-state index contributed by atoms with van der Waals surface area (Å²) >= 11 is 0. The summed E-state index contributed by atoms with van der Waals surface area (Å²) in [5.41, 5.74) is 3.61. The van der Waals surface area contributed by atoms with Gasteiger partial charge in [-0.1, -0.05) is 37.8 Å². The first-order chi connectivity index (χ1) is 16.1. The Hall–Kier alpha value is -3.42. The minimum atomic E-state index is -1.00. The van der Waals surface area contributed by atoms with E-state index in [1.165, 1.54) is 12.0 Å². The molecule has 0 radical (unpaired) electrons. The topological polar surface area (TPSA) is 120 Å². The maximum Gasteiger partial charge on any atom is 0.326 e. The standard InChI is InChI=1S/C25H31N5O3/c31-24(18-10-11-19-16-27-30-22(19)15-18)29-21(25(32)33)9-5-3-1-2-4-8-20-13-12-17-7-6-14-26-23(17)28-20/h10-13,15-16,21H,1-9,14H2,(H,26,28)(H,27,30)(H,29,31)(H,32,33). The number of amides is 1. The van der Waals surface area contributed by atoms with Gasteiger partial charge < -0.3 is 15.7 Å². The zero-order valence-corrected chi connectivity index (χ0v) is 18.8. The van der Waals surface area contributed by atoms with Crippen molar-refractivity contribution >= 4 is 28.6 Å². The number of H-pyrrole nitrogens is 1. The van der Waals surface area contributed by atoms with Crippen LogP contribution in [0.1, 0.15) is 66.6 Å². The van der Waals surface area contributed by atoms with Gasteiger partial charge in [-0.05, 0) is 55.9 Å². The highest BCUT2D eigenvalue weighted by atomic mass is 16.4. The van der Waals surface area contributed by atoms with Crippen molar-refractivity contribution in [2.75, 3.05) is 11.9 Å². The van der Waals surface area contributed by atoms with Gasteiger partial charge in [0.25, 0.3) is 5.91 Å². The number of carboxylic acids is 1. The Morgan fingerprint density at radius 1 is 1.09 bits per heavy atom. The van der Waals surface area contributed by atoms with Gasteiger partial charge >= 0.3 is 5.97 Å². The molecule has 1 atom stereocenters. The Morgan fingerprint density at radius 3 is 2.82 bits per heavy atom. The number of fused-ring (bicyclic) bond motifs is 2. The molecule has 2 aromatic heterocycles. The van der Waals surface area contributed by atoms with Crippen molar-refractivity contribution < 1.29 is 14.7 Å². The molecule has 0 aliphatic carbocycles. The second kappa shape index (κ2) is 10.9. The molecule has 0 spiro atoms. The molecule has 4 N–H and O–H groups in total. The van der Waals surface area contributed by atoms with Crippen molar-refractivity contribution in [1.29, 1.82) is 0 Å². The van der Waals surface area contributed by atoms with Gasteiger partial charge in [0.15, 0.2) is 0 Å². The van der Waals surface area contributed by atoms with Crippen LogP contribution in [0.3, 0.4) is 0 Å². The molecule has 33 heavy (non-hydrogen) atoms. The summed E-state index contributed by atoms with van der Waals surface area (Å²) in [4.78, 5) is 28.9. The zero-order valence-electron chi connectivity index (χ0n) is 18.8. The number of nitrogens with zero attached hydrogens (tertiary/aromatic N) is 2. The second-order valence-corrected chi connectivity index (χ2v) is 8.68. The third-order valence-corrected chi connectivity index (χ3v) is 6.19. The molecule has 3 aromatic rings. The molecule has 4 rings (SSSR count). The number of hydrogen-bond donors (Lipinski definition) is 4. The van der Waals surface area contributed by atoms with E-state index in [0.717, 1.165) is 73.9 Å². The number of nitrogens with one attached hydrogen (secondary N) is 3. The maximum absolute atomic E-state index is 12.5. The summed E-state index contributed by atoms with van der Waals surface area (Å²) in [6.45, 7) is 1.00. The van der Waals surface area contributed by atoms with E-state index in [9.17, 15) is 14.7 Å². The van der Waals surface area contributed by atoms with Crippen LogP contribution in [0.4, 0.5) is 5.82 Å². The van der Waals surface area contributed by atoms with Crippen molar-refractivity contribution in [3.8, 4) is 0 Å². The number of carbonyl (C=O) groups excluding carboxylic acids is 1. The van der Waals surface area contributed by atoms with Gasteiger partial charge in [0.05, 0.1) is 11.7 Å². The molecular formula is C25H31N5O3. The monoisotopic (exact) mass is 449 g/mol. The molecule has 0 saturated carbocycles. The molecule has 3 heterocycles. The minimum absolute atomic E-state index is 0.383. The third-order valence-electron chi connectivity index (χ3n) is 6.19. The molecule has 1 unspecified atom stereocenters. The Kier molecular flexibility index (Phi) is 7.55. The lowest BCUT2D eigenvalue weighted by Gasteiger charge is -2.17. The van der Waals surface area contributed by atoms with Crippen LogP contribution in [0, 0.1) is 0 Å². The van der Waals surface area contributed by atoms with Gasteiger partial charge in [0.2, 0.25) is 0 Å². The average Bonchev–Trinajstić information content (AvgIpc) is 3.30. The fraction of sp³-hybridized carbons (Fsp3) is 0.440. The lowest BCUT2D eigenvalue weighted by atomic mass is 10.0. The first kappa shape index (κ1) is 22.8. The molecule has 8 heteroatoms. The summed E-state index contributed by atoms with van der Waals surface area (Å²) in [7, 11) is 0. The lowest BCUT2D eigenvalue weighted by molar-refractivity contribution is -0.139. The van der Waals surface area contributed by atoms with Crippen molar-refractivity contribution in [1.82, 2.24) is 20.5 Å².